The SMILES string of the molecule is COc1nc(N[C@H]2CCC(=O)N(C)C2)nn2ccc(-c3ccc4nccn4c3)c12. The van der Waals surface area contributed by atoms with Crippen molar-refractivity contribution in [2.45, 2.75) is 18.9 Å². The first-order valence-electron chi connectivity index (χ1n) is 9.49. The number of likely N-dealkylation sites (N-methyl/N-ethyl adjacent to an activating group) is 1. The molecular weight excluding hydrogens is 370 g/mol. The lowest BCUT2D eigenvalue weighted by atomic mass is 10.1. The van der Waals surface area contributed by atoms with E-state index < -0.39 is 0 Å². The van der Waals surface area contributed by atoms with E-state index in [1.807, 2.05) is 48.2 Å². The van der Waals surface area contributed by atoms with Gasteiger partial charge in [0.05, 0.1) is 7.11 Å². The summed E-state index contributed by atoms with van der Waals surface area (Å²) in [5, 5.41) is 7.95. The van der Waals surface area contributed by atoms with Gasteiger partial charge in [0.25, 0.3) is 0 Å². The van der Waals surface area contributed by atoms with Crippen molar-refractivity contribution in [3.63, 3.8) is 0 Å². The maximum absolute atomic E-state index is 11.7. The number of hydrogen-bond acceptors (Lipinski definition) is 6. The van der Waals surface area contributed by atoms with Crippen molar-refractivity contribution in [1.29, 1.82) is 0 Å². The summed E-state index contributed by atoms with van der Waals surface area (Å²) in [4.78, 5) is 22.3. The molecule has 1 aliphatic heterocycles. The quantitative estimate of drug-likeness (QED) is 0.573. The number of carbonyl (C=O) groups excluding carboxylic acids is 1. The number of nitrogens with one attached hydrogen (secondary N) is 1. The number of likely N-dealkylation sites (tertiary alicyclic amines) is 1. The molecular formula is C20H21N7O2. The molecule has 0 aromatic carbocycles. The van der Waals surface area contributed by atoms with Crippen LogP contribution in [0.3, 0.4) is 0 Å². The second-order valence-corrected chi connectivity index (χ2v) is 7.23. The van der Waals surface area contributed by atoms with Crippen molar-refractivity contribution in [1.82, 2.24) is 28.9 Å². The van der Waals surface area contributed by atoms with Gasteiger partial charge in [0.15, 0.2) is 0 Å². The lowest BCUT2D eigenvalue weighted by molar-refractivity contribution is -0.132. The van der Waals surface area contributed by atoms with Crippen molar-refractivity contribution < 1.29 is 9.53 Å². The Bertz CT molecular complexity index is 1210. The van der Waals surface area contributed by atoms with Gasteiger partial charge >= 0.3 is 0 Å². The Hall–Kier alpha value is -3.62. The molecule has 1 amide bonds. The van der Waals surface area contributed by atoms with Crippen LogP contribution in [-0.2, 0) is 4.79 Å². The highest BCUT2D eigenvalue weighted by atomic mass is 16.5. The predicted octanol–water partition coefficient (Wildman–Crippen LogP) is 2.09. The molecule has 0 saturated carbocycles. The van der Waals surface area contributed by atoms with Gasteiger partial charge in [-0.25, -0.2) is 9.50 Å². The van der Waals surface area contributed by atoms with Crippen LogP contribution in [0.4, 0.5) is 5.95 Å². The summed E-state index contributed by atoms with van der Waals surface area (Å²) in [5.74, 6) is 1.14. The molecule has 1 fully saturated rings. The summed E-state index contributed by atoms with van der Waals surface area (Å²) in [6, 6.07) is 6.11. The van der Waals surface area contributed by atoms with Gasteiger partial charge in [0.1, 0.15) is 11.2 Å². The lowest BCUT2D eigenvalue weighted by Crippen LogP contribution is -2.43. The average Bonchev–Trinajstić information content (AvgIpc) is 3.36. The molecule has 0 aliphatic carbocycles. The van der Waals surface area contributed by atoms with Crippen LogP contribution in [0, 0.1) is 0 Å². The second kappa shape index (κ2) is 6.77. The number of pyridine rings is 1. The van der Waals surface area contributed by atoms with Crippen molar-refractivity contribution >= 4 is 23.0 Å². The molecule has 1 aliphatic rings. The third-order valence-corrected chi connectivity index (χ3v) is 5.33. The molecule has 0 spiro atoms. The molecule has 1 saturated heterocycles. The molecule has 1 N–H and O–H groups in total. The van der Waals surface area contributed by atoms with Crippen LogP contribution < -0.4 is 10.1 Å². The summed E-state index contributed by atoms with van der Waals surface area (Å²) >= 11 is 0. The third kappa shape index (κ3) is 3.04. The van der Waals surface area contributed by atoms with Crippen LogP contribution in [0.5, 0.6) is 5.88 Å². The van der Waals surface area contributed by atoms with E-state index in [9.17, 15) is 4.79 Å². The number of carbonyl (C=O) groups is 1. The largest absolute Gasteiger partial charge is 0.479 e. The molecule has 9 heteroatoms. The van der Waals surface area contributed by atoms with E-state index in [1.165, 1.54) is 0 Å². The Morgan fingerprint density at radius 1 is 1.24 bits per heavy atom. The zero-order valence-corrected chi connectivity index (χ0v) is 16.2. The molecule has 1 atom stereocenters. The highest BCUT2D eigenvalue weighted by molar-refractivity contribution is 5.84. The van der Waals surface area contributed by atoms with Crippen LogP contribution in [0.15, 0.2) is 43.0 Å². The van der Waals surface area contributed by atoms with E-state index in [4.69, 9.17) is 4.74 Å². The van der Waals surface area contributed by atoms with Crippen molar-refractivity contribution in [3.8, 4) is 17.0 Å². The fourth-order valence-electron chi connectivity index (χ4n) is 3.82. The molecule has 148 valence electrons. The summed E-state index contributed by atoms with van der Waals surface area (Å²) in [7, 11) is 3.42. The number of anilines is 1. The second-order valence-electron chi connectivity index (χ2n) is 7.23. The molecule has 4 aromatic rings. The first-order valence-corrected chi connectivity index (χ1v) is 9.49. The fourth-order valence-corrected chi connectivity index (χ4v) is 3.82. The van der Waals surface area contributed by atoms with Crippen LogP contribution in [0.2, 0.25) is 0 Å². The van der Waals surface area contributed by atoms with Crippen molar-refractivity contribution in [2.75, 3.05) is 26.0 Å². The molecule has 0 radical (unpaired) electrons. The predicted molar refractivity (Wildman–Crippen MR) is 108 cm³/mol. The summed E-state index contributed by atoms with van der Waals surface area (Å²) < 4.78 is 9.35. The molecule has 29 heavy (non-hydrogen) atoms. The van der Waals surface area contributed by atoms with Gasteiger partial charge in [-0.1, -0.05) is 0 Å². The van der Waals surface area contributed by atoms with E-state index in [0.29, 0.717) is 24.8 Å². The van der Waals surface area contributed by atoms with E-state index >= 15 is 0 Å². The first-order chi connectivity index (χ1) is 14.1. The van der Waals surface area contributed by atoms with Crippen LogP contribution >= 0.6 is 0 Å². The fraction of sp³-hybridized carbons (Fsp3) is 0.300. The lowest BCUT2D eigenvalue weighted by Gasteiger charge is -2.30. The average molecular weight is 391 g/mol. The molecule has 0 unspecified atom stereocenters. The van der Waals surface area contributed by atoms with Gasteiger partial charge in [-0.05, 0) is 24.6 Å². The number of fused-ring (bicyclic) bond motifs is 2. The Balaban J connectivity index is 1.51. The number of imidazole rings is 1. The molecule has 4 aromatic heterocycles. The summed E-state index contributed by atoms with van der Waals surface area (Å²) in [5.41, 5.74) is 3.69. The van der Waals surface area contributed by atoms with E-state index in [2.05, 4.69) is 20.4 Å². The summed E-state index contributed by atoms with van der Waals surface area (Å²) in [6.45, 7) is 0.629. The maximum Gasteiger partial charge on any atom is 0.244 e. The Morgan fingerprint density at radius 3 is 2.97 bits per heavy atom. The zero-order chi connectivity index (χ0) is 20.0. The van der Waals surface area contributed by atoms with Crippen LogP contribution in [-0.4, -0.2) is 61.5 Å². The van der Waals surface area contributed by atoms with Crippen LogP contribution in [0.25, 0.3) is 22.3 Å². The van der Waals surface area contributed by atoms with Gasteiger partial charge in [0, 0.05) is 62.0 Å². The number of piperidine rings is 1. The standard InChI is InChI=1S/C20H21N7O2/c1-25-12-14(4-6-17(25)28)22-20-23-19(29-2)18-15(7-9-27(18)24-20)13-3-5-16-21-8-10-26(16)11-13/h3,5,7-11,14H,4,6,12H2,1-2H3,(H,22,24)/t14-/m0/s1. The minimum atomic E-state index is 0.110. The van der Waals surface area contributed by atoms with Crippen molar-refractivity contribution in [2.24, 2.45) is 0 Å². The number of ether oxygens (including phenoxy) is 1. The van der Waals surface area contributed by atoms with Crippen molar-refractivity contribution in [3.05, 3.63) is 43.0 Å². The zero-order valence-electron chi connectivity index (χ0n) is 16.2. The van der Waals surface area contributed by atoms with E-state index in [1.54, 1.807) is 22.7 Å². The van der Waals surface area contributed by atoms with Gasteiger partial charge in [-0.3, -0.25) is 4.79 Å². The minimum absolute atomic E-state index is 0.110. The van der Waals surface area contributed by atoms with Gasteiger partial charge in [0.2, 0.25) is 17.7 Å². The molecule has 9 nitrogen and oxygen atoms in total. The molecule has 0 bridgehead atoms. The van der Waals surface area contributed by atoms with E-state index in [-0.39, 0.29) is 11.9 Å². The first kappa shape index (κ1) is 17.5. The number of aromatic nitrogens is 5. The van der Waals surface area contributed by atoms with Gasteiger partial charge < -0.3 is 19.4 Å². The maximum atomic E-state index is 11.7. The summed E-state index contributed by atoms with van der Waals surface area (Å²) in [6.07, 6.45) is 8.90. The Kier molecular flexibility index (Phi) is 4.08. The van der Waals surface area contributed by atoms with Gasteiger partial charge in [-0.2, -0.15) is 4.98 Å². The normalized spacial score (nSPS) is 17.2. The number of hydrogen-bond donors (Lipinski definition) is 1. The number of amides is 1. The number of nitrogens with zero attached hydrogens (tertiary/aromatic N) is 6. The highest BCUT2D eigenvalue weighted by Crippen LogP contribution is 2.31. The third-order valence-electron chi connectivity index (χ3n) is 5.33. The highest BCUT2D eigenvalue weighted by Gasteiger charge is 2.24. The Morgan fingerprint density at radius 2 is 2.14 bits per heavy atom. The van der Waals surface area contributed by atoms with Gasteiger partial charge in [-0.15, -0.1) is 5.10 Å². The Labute approximate surface area is 166 Å². The number of methoxy groups -OCH3 is 1. The minimum Gasteiger partial charge on any atom is -0.479 e. The molecule has 5 heterocycles. The number of rotatable bonds is 4. The smallest absolute Gasteiger partial charge is 0.244 e. The monoisotopic (exact) mass is 391 g/mol. The van der Waals surface area contributed by atoms with Crippen LogP contribution in [0.1, 0.15) is 12.8 Å². The van der Waals surface area contributed by atoms with E-state index in [0.717, 1.165) is 28.7 Å². The molecule has 5 rings (SSSR count). The topological polar surface area (TPSA) is 89.1 Å².